The number of hydrogen-bond acceptors (Lipinski definition) is 5. The van der Waals surface area contributed by atoms with E-state index in [-0.39, 0.29) is 0 Å². The minimum absolute atomic E-state index is 0.562. The molecular formula is C20H27N4OP. The van der Waals surface area contributed by atoms with Crippen molar-refractivity contribution in [1.82, 2.24) is 19.3 Å². The van der Waals surface area contributed by atoms with Crippen molar-refractivity contribution < 1.29 is 4.52 Å². The third-order valence-corrected chi connectivity index (χ3v) is 7.49. The van der Waals surface area contributed by atoms with Gasteiger partial charge in [0, 0.05) is 37.6 Å². The lowest BCUT2D eigenvalue weighted by atomic mass is 9.90. The van der Waals surface area contributed by atoms with Crippen LogP contribution in [0.4, 0.5) is 0 Å². The highest BCUT2D eigenvalue weighted by Gasteiger charge is 2.49. The molecule has 2 aliphatic rings. The summed E-state index contributed by atoms with van der Waals surface area (Å²) < 4.78 is 11.5. The van der Waals surface area contributed by atoms with Crippen molar-refractivity contribution >= 4 is 8.45 Å². The van der Waals surface area contributed by atoms with Gasteiger partial charge in [0.25, 0.3) is 0 Å². The summed E-state index contributed by atoms with van der Waals surface area (Å²) in [7, 11) is -0.783. The molecule has 0 spiro atoms. The number of rotatable bonds is 6. The maximum atomic E-state index is 6.33. The molecule has 3 heterocycles. The monoisotopic (exact) mass is 370 g/mol. The van der Waals surface area contributed by atoms with Gasteiger partial charge in [-0.2, -0.15) is 0 Å². The van der Waals surface area contributed by atoms with Gasteiger partial charge in [0.2, 0.25) is 0 Å². The molecule has 0 amide bonds. The molecule has 1 aliphatic heterocycles. The van der Waals surface area contributed by atoms with Gasteiger partial charge >= 0.3 is 0 Å². The van der Waals surface area contributed by atoms with Crippen LogP contribution in [0.2, 0.25) is 0 Å². The Morgan fingerprint density at radius 3 is 1.88 bits per heavy atom. The van der Waals surface area contributed by atoms with E-state index in [4.69, 9.17) is 4.52 Å². The predicted octanol–water partition coefficient (Wildman–Crippen LogP) is 4.37. The summed E-state index contributed by atoms with van der Waals surface area (Å²) in [5.41, 5.74) is 2.26. The summed E-state index contributed by atoms with van der Waals surface area (Å²) in [6, 6.07) is 13.5. The molecule has 0 radical (unpaired) electrons. The third kappa shape index (κ3) is 3.81. The quantitative estimate of drug-likeness (QED) is 0.707. The molecule has 1 aliphatic carbocycles. The van der Waals surface area contributed by atoms with Crippen molar-refractivity contribution in [3.63, 3.8) is 0 Å². The number of hydrogen-bond donors (Lipinski definition) is 0. The number of fused-ring (bicyclic) bond motifs is 1. The molecule has 138 valence electrons. The third-order valence-electron chi connectivity index (χ3n) is 5.24. The fourth-order valence-corrected chi connectivity index (χ4v) is 6.52. The summed E-state index contributed by atoms with van der Waals surface area (Å²) in [4.78, 5) is 9.13. The van der Waals surface area contributed by atoms with E-state index in [0.29, 0.717) is 12.1 Å². The van der Waals surface area contributed by atoms with E-state index in [0.717, 1.165) is 31.1 Å². The second-order valence-corrected chi connectivity index (χ2v) is 8.72. The molecule has 0 unspecified atom stereocenters. The first-order chi connectivity index (χ1) is 12.9. The van der Waals surface area contributed by atoms with Crippen LogP contribution in [-0.4, -0.2) is 38.0 Å². The molecule has 0 bridgehead atoms. The smallest absolute Gasteiger partial charge is 0.189 e. The fourth-order valence-electron chi connectivity index (χ4n) is 4.12. The molecular weight excluding hydrogens is 343 g/mol. The van der Waals surface area contributed by atoms with Gasteiger partial charge in [0.05, 0.1) is 18.0 Å². The highest BCUT2D eigenvalue weighted by molar-refractivity contribution is 7.47. The Balaban J connectivity index is 1.61. The maximum Gasteiger partial charge on any atom is 0.189 e. The lowest BCUT2D eigenvalue weighted by molar-refractivity contribution is 0.196. The van der Waals surface area contributed by atoms with Crippen molar-refractivity contribution in [3.8, 4) is 0 Å². The first-order valence-corrected chi connectivity index (χ1v) is 10.8. The van der Waals surface area contributed by atoms with Gasteiger partial charge in [0.15, 0.2) is 8.45 Å². The van der Waals surface area contributed by atoms with Crippen LogP contribution < -0.4 is 0 Å². The first kappa shape index (κ1) is 18.0. The average molecular weight is 370 g/mol. The Labute approximate surface area is 157 Å². The highest BCUT2D eigenvalue weighted by Crippen LogP contribution is 2.58. The molecule has 6 heteroatoms. The molecule has 2 aromatic rings. The second-order valence-electron chi connectivity index (χ2n) is 6.93. The molecule has 2 aromatic heterocycles. The van der Waals surface area contributed by atoms with Crippen molar-refractivity contribution in [2.24, 2.45) is 0 Å². The molecule has 0 aromatic carbocycles. The Hall–Kier alpha value is -1.39. The standard InChI is InChI=1S/C20H27N4OP/c1-2-25-26-23(15-17-9-5-7-13-21-17)19-11-3-4-12-20(19)24(26)16-18-10-6-8-14-22-18/h5-10,13-14,19-20H,2-4,11-12,15-16H2,1H3/t19-,20-/m1/s1. The number of aromatic nitrogens is 2. The summed E-state index contributed by atoms with van der Waals surface area (Å²) in [5.74, 6) is 0. The lowest BCUT2D eigenvalue weighted by Crippen LogP contribution is -2.39. The highest BCUT2D eigenvalue weighted by atomic mass is 31.2. The van der Waals surface area contributed by atoms with Gasteiger partial charge in [-0.3, -0.25) is 9.97 Å². The van der Waals surface area contributed by atoms with E-state index in [1.54, 1.807) is 0 Å². The van der Waals surface area contributed by atoms with Crippen LogP contribution in [0.5, 0.6) is 0 Å². The van der Waals surface area contributed by atoms with E-state index in [1.807, 2.05) is 24.5 Å². The molecule has 5 nitrogen and oxygen atoms in total. The summed E-state index contributed by atoms with van der Waals surface area (Å²) in [5, 5.41) is 0. The van der Waals surface area contributed by atoms with E-state index in [1.165, 1.54) is 25.7 Å². The largest absolute Gasteiger partial charge is 0.332 e. The molecule has 26 heavy (non-hydrogen) atoms. The van der Waals surface area contributed by atoms with Gasteiger partial charge in [-0.15, -0.1) is 0 Å². The van der Waals surface area contributed by atoms with Gasteiger partial charge in [-0.05, 0) is 44.0 Å². The summed E-state index contributed by atoms with van der Waals surface area (Å²) in [6.45, 7) is 4.57. The van der Waals surface area contributed by atoms with Crippen LogP contribution in [0.1, 0.15) is 44.0 Å². The Morgan fingerprint density at radius 1 is 0.923 bits per heavy atom. The van der Waals surface area contributed by atoms with Crippen LogP contribution in [0.15, 0.2) is 48.8 Å². The number of nitrogens with zero attached hydrogens (tertiary/aromatic N) is 4. The molecule has 0 N–H and O–H groups in total. The molecule has 4 rings (SSSR count). The maximum absolute atomic E-state index is 6.33. The zero-order valence-electron chi connectivity index (χ0n) is 15.4. The Kier molecular flexibility index (Phi) is 5.91. The van der Waals surface area contributed by atoms with Crippen molar-refractivity contribution in [3.05, 3.63) is 60.2 Å². The van der Waals surface area contributed by atoms with Crippen LogP contribution in [0.3, 0.4) is 0 Å². The average Bonchev–Trinajstić information content (AvgIpc) is 2.97. The zero-order chi connectivity index (χ0) is 17.8. The van der Waals surface area contributed by atoms with Gasteiger partial charge in [-0.25, -0.2) is 9.34 Å². The predicted molar refractivity (Wildman–Crippen MR) is 104 cm³/mol. The van der Waals surface area contributed by atoms with Crippen molar-refractivity contribution in [2.45, 2.75) is 57.8 Å². The second kappa shape index (κ2) is 8.53. The normalized spacial score (nSPS) is 24.7. The summed E-state index contributed by atoms with van der Waals surface area (Å²) in [6.07, 6.45) is 8.90. The van der Waals surface area contributed by atoms with E-state index in [2.05, 4.69) is 50.5 Å². The number of pyridine rings is 2. The molecule has 2 fully saturated rings. The van der Waals surface area contributed by atoms with Crippen molar-refractivity contribution in [2.75, 3.05) is 6.61 Å². The molecule has 1 saturated heterocycles. The fraction of sp³-hybridized carbons (Fsp3) is 0.500. The van der Waals surface area contributed by atoms with Crippen LogP contribution >= 0.6 is 8.45 Å². The summed E-state index contributed by atoms with van der Waals surface area (Å²) >= 11 is 0. The van der Waals surface area contributed by atoms with Crippen LogP contribution in [0.25, 0.3) is 0 Å². The van der Waals surface area contributed by atoms with Crippen molar-refractivity contribution in [1.29, 1.82) is 0 Å². The van der Waals surface area contributed by atoms with Crippen LogP contribution in [-0.2, 0) is 17.6 Å². The topological polar surface area (TPSA) is 41.5 Å². The van der Waals surface area contributed by atoms with Crippen LogP contribution in [0, 0.1) is 0 Å². The first-order valence-electron chi connectivity index (χ1n) is 9.63. The van der Waals surface area contributed by atoms with E-state index >= 15 is 0 Å². The lowest BCUT2D eigenvalue weighted by Gasteiger charge is -2.31. The Bertz CT molecular complexity index is 629. The van der Waals surface area contributed by atoms with Gasteiger partial charge in [0.1, 0.15) is 0 Å². The van der Waals surface area contributed by atoms with Gasteiger partial charge in [-0.1, -0.05) is 25.0 Å². The van der Waals surface area contributed by atoms with E-state index in [9.17, 15) is 0 Å². The molecule has 1 saturated carbocycles. The minimum Gasteiger partial charge on any atom is -0.332 e. The molecule has 2 atom stereocenters. The van der Waals surface area contributed by atoms with Gasteiger partial charge < -0.3 is 4.52 Å². The zero-order valence-corrected chi connectivity index (χ0v) is 16.3. The van der Waals surface area contributed by atoms with E-state index < -0.39 is 8.45 Å². The SMILES string of the molecule is CCOP1N(Cc2ccccn2)[C@@H]2CCCC[C@H]2N1Cc1ccccn1. The minimum atomic E-state index is -0.783. The Morgan fingerprint density at radius 2 is 1.46 bits per heavy atom.